The zero-order valence-corrected chi connectivity index (χ0v) is 12.1. The van der Waals surface area contributed by atoms with E-state index in [1.807, 2.05) is 36.4 Å². The average Bonchev–Trinajstić information content (AvgIpc) is 2.39. The van der Waals surface area contributed by atoms with E-state index in [9.17, 15) is 0 Å². The van der Waals surface area contributed by atoms with Crippen molar-refractivity contribution in [2.75, 3.05) is 0 Å². The molecule has 0 radical (unpaired) electrons. The molecule has 0 amide bonds. The fourth-order valence-electron chi connectivity index (χ4n) is 1.82. The normalized spacial score (nSPS) is 12.4. The van der Waals surface area contributed by atoms with Gasteiger partial charge in [-0.05, 0) is 41.8 Å². The maximum atomic E-state index is 5.88. The quantitative estimate of drug-likeness (QED) is 0.662. The van der Waals surface area contributed by atoms with Gasteiger partial charge in [0, 0.05) is 15.5 Å². The fourth-order valence-corrected chi connectivity index (χ4v) is 2.21. The molecule has 4 heteroatoms. The zero-order valence-electron chi connectivity index (χ0n) is 9.74. The highest BCUT2D eigenvalue weighted by Crippen LogP contribution is 2.21. The summed E-state index contributed by atoms with van der Waals surface area (Å²) in [6.45, 7) is 0. The predicted octanol–water partition coefficient (Wildman–Crippen LogP) is 3.85. The molecule has 0 heterocycles. The van der Waals surface area contributed by atoms with Crippen molar-refractivity contribution < 1.29 is 0 Å². The summed E-state index contributed by atoms with van der Waals surface area (Å²) < 4.78 is 1.08. The van der Waals surface area contributed by atoms with Gasteiger partial charge in [0.25, 0.3) is 0 Å². The van der Waals surface area contributed by atoms with E-state index < -0.39 is 0 Å². The van der Waals surface area contributed by atoms with Crippen LogP contribution < -0.4 is 11.3 Å². The predicted molar refractivity (Wildman–Crippen MR) is 79.4 cm³/mol. The van der Waals surface area contributed by atoms with Gasteiger partial charge in [0.05, 0.1) is 0 Å². The smallest absolute Gasteiger partial charge is 0.0500 e. The van der Waals surface area contributed by atoms with Crippen LogP contribution in [0.2, 0.25) is 5.02 Å². The lowest BCUT2D eigenvalue weighted by atomic mass is 9.99. The maximum Gasteiger partial charge on any atom is 0.0500 e. The summed E-state index contributed by atoms with van der Waals surface area (Å²) in [6.07, 6.45) is 0.839. The molecule has 3 N–H and O–H groups in total. The van der Waals surface area contributed by atoms with E-state index in [1.54, 1.807) is 0 Å². The minimum atomic E-state index is 0.0865. The third-order valence-corrected chi connectivity index (χ3v) is 3.61. The van der Waals surface area contributed by atoms with Crippen LogP contribution in [0.1, 0.15) is 17.2 Å². The summed E-state index contributed by atoms with van der Waals surface area (Å²) in [5, 5.41) is 0.734. The minimum Gasteiger partial charge on any atom is -0.271 e. The molecule has 1 atom stereocenters. The number of rotatable bonds is 4. The number of nitrogens with one attached hydrogen (secondary N) is 1. The Balaban J connectivity index is 2.14. The molecule has 0 aliphatic heterocycles. The van der Waals surface area contributed by atoms with Crippen LogP contribution in [0.25, 0.3) is 0 Å². The number of hydrazine groups is 1. The lowest BCUT2D eigenvalue weighted by Crippen LogP contribution is -2.29. The molecule has 1 unspecified atom stereocenters. The van der Waals surface area contributed by atoms with Crippen molar-refractivity contribution in [2.24, 2.45) is 5.84 Å². The highest BCUT2D eigenvalue weighted by atomic mass is 79.9. The highest BCUT2D eigenvalue weighted by molar-refractivity contribution is 9.10. The largest absolute Gasteiger partial charge is 0.271 e. The molecule has 2 nitrogen and oxygen atoms in total. The topological polar surface area (TPSA) is 38.0 Å². The van der Waals surface area contributed by atoms with Gasteiger partial charge in [-0.1, -0.05) is 51.8 Å². The van der Waals surface area contributed by atoms with Crippen molar-refractivity contribution in [1.29, 1.82) is 0 Å². The Morgan fingerprint density at radius 2 is 1.67 bits per heavy atom. The fraction of sp³-hybridized carbons (Fsp3) is 0.143. The molecule has 2 rings (SSSR count). The number of hydrogen-bond donors (Lipinski definition) is 2. The van der Waals surface area contributed by atoms with Crippen molar-refractivity contribution >= 4 is 27.5 Å². The second-order valence-corrected chi connectivity index (χ2v) is 5.45. The second-order valence-electron chi connectivity index (χ2n) is 4.10. The molecule has 0 saturated carbocycles. The van der Waals surface area contributed by atoms with Crippen LogP contribution >= 0.6 is 27.5 Å². The number of halogens is 2. The summed E-state index contributed by atoms with van der Waals surface area (Å²) >= 11 is 9.31. The van der Waals surface area contributed by atoms with Crippen LogP contribution in [0.15, 0.2) is 53.0 Å². The number of nitrogens with two attached hydrogens (primary N) is 1. The SMILES string of the molecule is NNC(Cc1ccc(Br)cc1)c1ccc(Cl)cc1. The van der Waals surface area contributed by atoms with Gasteiger partial charge in [0.1, 0.15) is 0 Å². The highest BCUT2D eigenvalue weighted by Gasteiger charge is 2.10. The molecular weight excluding hydrogens is 312 g/mol. The Morgan fingerprint density at radius 1 is 1.06 bits per heavy atom. The zero-order chi connectivity index (χ0) is 13.0. The molecule has 2 aromatic carbocycles. The standard InChI is InChI=1S/C14H14BrClN2/c15-12-5-1-10(2-6-12)9-14(18-17)11-3-7-13(16)8-4-11/h1-8,14,18H,9,17H2. The molecule has 0 aliphatic rings. The van der Waals surface area contributed by atoms with E-state index in [-0.39, 0.29) is 6.04 Å². The van der Waals surface area contributed by atoms with Crippen molar-refractivity contribution in [3.63, 3.8) is 0 Å². The van der Waals surface area contributed by atoms with Crippen molar-refractivity contribution in [2.45, 2.75) is 12.5 Å². The molecule has 2 aromatic rings. The van der Waals surface area contributed by atoms with Gasteiger partial charge >= 0.3 is 0 Å². The summed E-state index contributed by atoms with van der Waals surface area (Å²) in [6, 6.07) is 16.1. The van der Waals surface area contributed by atoms with E-state index in [1.165, 1.54) is 5.56 Å². The molecule has 0 fully saturated rings. The van der Waals surface area contributed by atoms with Gasteiger partial charge in [-0.15, -0.1) is 0 Å². The van der Waals surface area contributed by atoms with Crippen LogP contribution in [-0.2, 0) is 6.42 Å². The van der Waals surface area contributed by atoms with Crippen LogP contribution in [-0.4, -0.2) is 0 Å². The Labute approximate surface area is 120 Å². The first-order valence-electron chi connectivity index (χ1n) is 5.65. The molecule has 0 spiro atoms. The number of hydrogen-bond acceptors (Lipinski definition) is 2. The van der Waals surface area contributed by atoms with E-state index in [2.05, 4.69) is 33.5 Å². The van der Waals surface area contributed by atoms with Crippen molar-refractivity contribution in [1.82, 2.24) is 5.43 Å². The molecule has 0 bridgehead atoms. The van der Waals surface area contributed by atoms with E-state index in [0.717, 1.165) is 21.5 Å². The maximum absolute atomic E-state index is 5.88. The molecular formula is C14H14BrClN2. The third kappa shape index (κ3) is 3.56. The van der Waals surface area contributed by atoms with Crippen LogP contribution in [0.4, 0.5) is 0 Å². The first-order chi connectivity index (χ1) is 8.69. The van der Waals surface area contributed by atoms with Crippen LogP contribution in [0.3, 0.4) is 0 Å². The van der Waals surface area contributed by atoms with E-state index >= 15 is 0 Å². The molecule has 0 saturated heterocycles. The Bertz CT molecular complexity index is 496. The van der Waals surface area contributed by atoms with Crippen molar-refractivity contribution in [3.05, 3.63) is 69.2 Å². The molecule has 94 valence electrons. The van der Waals surface area contributed by atoms with Crippen LogP contribution in [0, 0.1) is 0 Å². The Kier molecular flexibility index (Phi) is 4.78. The van der Waals surface area contributed by atoms with Crippen LogP contribution in [0.5, 0.6) is 0 Å². The molecule has 18 heavy (non-hydrogen) atoms. The summed E-state index contributed by atoms with van der Waals surface area (Å²) in [5.74, 6) is 5.63. The Hall–Kier alpha value is -0.870. The van der Waals surface area contributed by atoms with Gasteiger partial charge in [-0.3, -0.25) is 11.3 Å². The Morgan fingerprint density at radius 3 is 2.22 bits per heavy atom. The molecule has 0 aromatic heterocycles. The van der Waals surface area contributed by atoms with E-state index in [0.29, 0.717) is 0 Å². The lowest BCUT2D eigenvalue weighted by molar-refractivity contribution is 0.552. The van der Waals surface area contributed by atoms with Gasteiger partial charge in [-0.2, -0.15) is 0 Å². The van der Waals surface area contributed by atoms with E-state index in [4.69, 9.17) is 17.4 Å². The van der Waals surface area contributed by atoms with Gasteiger partial charge < -0.3 is 0 Å². The van der Waals surface area contributed by atoms with Gasteiger partial charge in [-0.25, -0.2) is 0 Å². The van der Waals surface area contributed by atoms with Gasteiger partial charge in [0.15, 0.2) is 0 Å². The third-order valence-electron chi connectivity index (χ3n) is 2.83. The first kappa shape index (κ1) is 13.6. The minimum absolute atomic E-state index is 0.0865. The summed E-state index contributed by atoms with van der Waals surface area (Å²) in [7, 11) is 0. The summed E-state index contributed by atoms with van der Waals surface area (Å²) in [5.41, 5.74) is 5.21. The number of benzene rings is 2. The summed E-state index contributed by atoms with van der Waals surface area (Å²) in [4.78, 5) is 0. The first-order valence-corrected chi connectivity index (χ1v) is 6.82. The average molecular weight is 326 g/mol. The van der Waals surface area contributed by atoms with Gasteiger partial charge in [0.2, 0.25) is 0 Å². The molecule has 0 aliphatic carbocycles. The second kappa shape index (κ2) is 6.34. The monoisotopic (exact) mass is 324 g/mol. The van der Waals surface area contributed by atoms with Crippen molar-refractivity contribution in [3.8, 4) is 0 Å². The lowest BCUT2D eigenvalue weighted by Gasteiger charge is -2.16.